The molecule has 4 heteroatoms. The van der Waals surface area contributed by atoms with Crippen molar-refractivity contribution in [2.45, 2.75) is 51.6 Å². The van der Waals surface area contributed by atoms with E-state index in [1.807, 2.05) is 17.0 Å². The molecule has 2 heterocycles. The number of carbonyl (C=O) groups excluding carboxylic acids is 1. The van der Waals surface area contributed by atoms with Crippen LogP contribution in [0, 0.1) is 13.8 Å². The van der Waals surface area contributed by atoms with E-state index < -0.39 is 0 Å². The van der Waals surface area contributed by atoms with E-state index in [-0.39, 0.29) is 11.5 Å². The molecule has 1 aromatic rings. The minimum Gasteiger partial charge on any atom is -0.491 e. The number of likely N-dealkylation sites (tertiary alicyclic amines) is 1. The van der Waals surface area contributed by atoms with Crippen molar-refractivity contribution in [3.63, 3.8) is 0 Å². The number of hydrogen-bond acceptors (Lipinski definition) is 3. The lowest BCUT2D eigenvalue weighted by Crippen LogP contribution is -2.35. The van der Waals surface area contributed by atoms with Crippen molar-refractivity contribution < 1.29 is 14.3 Å². The Morgan fingerprint density at radius 1 is 1.26 bits per heavy atom. The average molecular weight is 317 g/mol. The predicted molar refractivity (Wildman–Crippen MR) is 89.8 cm³/mol. The zero-order chi connectivity index (χ0) is 16.3. The number of amides is 1. The molecule has 126 valence electrons. The zero-order valence-corrected chi connectivity index (χ0v) is 14.3. The van der Waals surface area contributed by atoms with E-state index in [0.717, 1.165) is 44.6 Å². The fraction of sp³-hybridized carbons (Fsp3) is 0.632. The van der Waals surface area contributed by atoms with Crippen LogP contribution in [0.2, 0.25) is 0 Å². The van der Waals surface area contributed by atoms with Gasteiger partial charge in [0.15, 0.2) is 0 Å². The summed E-state index contributed by atoms with van der Waals surface area (Å²) in [7, 11) is 0. The first-order valence-corrected chi connectivity index (χ1v) is 8.70. The van der Waals surface area contributed by atoms with Crippen LogP contribution in [0.4, 0.5) is 0 Å². The molecule has 1 aromatic carbocycles. The molecule has 0 bridgehead atoms. The number of aryl methyl sites for hydroxylation is 1. The summed E-state index contributed by atoms with van der Waals surface area (Å²) < 4.78 is 11.9. The highest BCUT2D eigenvalue weighted by Gasteiger charge is 2.38. The highest BCUT2D eigenvalue weighted by Crippen LogP contribution is 2.35. The Balaban J connectivity index is 1.53. The summed E-state index contributed by atoms with van der Waals surface area (Å²) in [4.78, 5) is 14.3. The van der Waals surface area contributed by atoms with Crippen molar-refractivity contribution in [2.24, 2.45) is 0 Å². The van der Waals surface area contributed by atoms with E-state index in [4.69, 9.17) is 9.47 Å². The van der Waals surface area contributed by atoms with Gasteiger partial charge < -0.3 is 14.4 Å². The highest BCUT2D eigenvalue weighted by molar-refractivity contribution is 5.76. The minimum absolute atomic E-state index is 0.0294. The lowest BCUT2D eigenvalue weighted by Gasteiger charge is -2.26. The van der Waals surface area contributed by atoms with E-state index in [0.29, 0.717) is 19.6 Å². The Hall–Kier alpha value is -1.55. The predicted octanol–water partition coefficient (Wildman–Crippen LogP) is 3.24. The van der Waals surface area contributed by atoms with Gasteiger partial charge in [-0.1, -0.05) is 12.1 Å². The third-order valence-corrected chi connectivity index (χ3v) is 5.34. The van der Waals surface area contributed by atoms with E-state index in [1.165, 1.54) is 11.1 Å². The van der Waals surface area contributed by atoms with Gasteiger partial charge >= 0.3 is 0 Å². The normalized spacial score (nSPS) is 25.0. The second-order valence-corrected chi connectivity index (χ2v) is 6.81. The molecule has 2 aliphatic heterocycles. The molecule has 0 radical (unpaired) electrons. The number of hydrogen-bond donors (Lipinski definition) is 0. The van der Waals surface area contributed by atoms with Crippen LogP contribution < -0.4 is 4.74 Å². The van der Waals surface area contributed by atoms with Crippen LogP contribution in [0.15, 0.2) is 18.2 Å². The summed E-state index contributed by atoms with van der Waals surface area (Å²) in [5.74, 6) is 1.16. The lowest BCUT2D eigenvalue weighted by atomic mass is 9.92. The van der Waals surface area contributed by atoms with Gasteiger partial charge in [0.05, 0.1) is 12.1 Å². The topological polar surface area (TPSA) is 38.8 Å². The quantitative estimate of drug-likeness (QED) is 0.856. The maximum absolute atomic E-state index is 12.3. The fourth-order valence-corrected chi connectivity index (χ4v) is 3.61. The second-order valence-electron chi connectivity index (χ2n) is 6.81. The van der Waals surface area contributed by atoms with Crippen molar-refractivity contribution >= 4 is 5.91 Å². The lowest BCUT2D eigenvalue weighted by molar-refractivity contribution is -0.131. The summed E-state index contributed by atoms with van der Waals surface area (Å²) in [5.41, 5.74) is 2.37. The molecular weight excluding hydrogens is 290 g/mol. The molecule has 2 saturated heterocycles. The van der Waals surface area contributed by atoms with Crippen LogP contribution in [-0.4, -0.2) is 42.7 Å². The molecular formula is C19H27NO3. The second kappa shape index (κ2) is 6.91. The van der Waals surface area contributed by atoms with Crippen LogP contribution in [-0.2, 0) is 9.53 Å². The van der Waals surface area contributed by atoms with Crippen molar-refractivity contribution in [3.05, 3.63) is 29.3 Å². The molecule has 0 N–H and O–H groups in total. The van der Waals surface area contributed by atoms with E-state index in [1.54, 1.807) is 0 Å². The Kier molecular flexibility index (Phi) is 4.90. The maximum Gasteiger partial charge on any atom is 0.222 e. The summed E-state index contributed by atoms with van der Waals surface area (Å²) in [6.07, 6.45) is 4.67. The Labute approximate surface area is 138 Å². The molecule has 0 aromatic heterocycles. The third kappa shape index (κ3) is 3.69. The highest BCUT2D eigenvalue weighted by atomic mass is 16.5. The summed E-state index contributed by atoms with van der Waals surface area (Å²) in [6.45, 7) is 7.00. The van der Waals surface area contributed by atoms with Crippen LogP contribution in [0.25, 0.3) is 0 Å². The van der Waals surface area contributed by atoms with Crippen molar-refractivity contribution in [1.82, 2.24) is 4.90 Å². The number of carbonyl (C=O) groups is 1. The van der Waals surface area contributed by atoms with Crippen LogP contribution in [0.1, 0.15) is 43.2 Å². The fourth-order valence-electron chi connectivity index (χ4n) is 3.61. The smallest absolute Gasteiger partial charge is 0.222 e. The molecule has 4 nitrogen and oxygen atoms in total. The molecule has 2 aliphatic rings. The summed E-state index contributed by atoms with van der Waals surface area (Å²) in [5, 5.41) is 0. The molecule has 1 amide bonds. The number of ether oxygens (including phenoxy) is 2. The van der Waals surface area contributed by atoms with Crippen LogP contribution >= 0.6 is 0 Å². The van der Waals surface area contributed by atoms with Gasteiger partial charge in [-0.05, 0) is 56.7 Å². The number of benzene rings is 1. The molecule has 1 spiro atoms. The summed E-state index contributed by atoms with van der Waals surface area (Å²) in [6, 6.07) is 6.09. The van der Waals surface area contributed by atoms with Gasteiger partial charge in [0.25, 0.3) is 0 Å². The van der Waals surface area contributed by atoms with Crippen LogP contribution in [0.3, 0.4) is 0 Å². The first kappa shape index (κ1) is 16.3. The zero-order valence-electron chi connectivity index (χ0n) is 14.3. The van der Waals surface area contributed by atoms with E-state index in [2.05, 4.69) is 19.9 Å². The number of nitrogens with zero attached hydrogens (tertiary/aromatic N) is 1. The molecule has 0 saturated carbocycles. The largest absolute Gasteiger partial charge is 0.491 e. The van der Waals surface area contributed by atoms with Gasteiger partial charge in [-0.3, -0.25) is 4.79 Å². The summed E-state index contributed by atoms with van der Waals surface area (Å²) >= 11 is 0. The first-order chi connectivity index (χ1) is 11.1. The Bertz CT molecular complexity index is 564. The number of rotatable bonds is 4. The molecule has 3 rings (SSSR count). The van der Waals surface area contributed by atoms with Crippen LogP contribution in [0.5, 0.6) is 5.75 Å². The molecule has 1 atom stereocenters. The Morgan fingerprint density at radius 2 is 2.13 bits per heavy atom. The average Bonchev–Trinajstić information content (AvgIpc) is 2.95. The van der Waals surface area contributed by atoms with Gasteiger partial charge in [-0.25, -0.2) is 0 Å². The van der Waals surface area contributed by atoms with Crippen molar-refractivity contribution in [3.8, 4) is 5.75 Å². The van der Waals surface area contributed by atoms with Crippen molar-refractivity contribution in [1.29, 1.82) is 0 Å². The van der Waals surface area contributed by atoms with E-state index in [9.17, 15) is 4.79 Å². The maximum atomic E-state index is 12.3. The molecule has 1 unspecified atom stereocenters. The van der Waals surface area contributed by atoms with Gasteiger partial charge in [-0.15, -0.1) is 0 Å². The van der Waals surface area contributed by atoms with Gasteiger partial charge in [0.1, 0.15) is 12.4 Å². The standard InChI is InChI=1S/C19H27NO3/c1-15-5-3-6-17(16(15)2)22-14-12-20-11-10-19(8-4-13-23-19)9-7-18(20)21/h3,5-6H,4,7-14H2,1-2H3. The molecule has 2 fully saturated rings. The monoisotopic (exact) mass is 317 g/mol. The Morgan fingerprint density at radius 3 is 2.91 bits per heavy atom. The minimum atomic E-state index is -0.0294. The van der Waals surface area contributed by atoms with E-state index >= 15 is 0 Å². The van der Waals surface area contributed by atoms with Crippen molar-refractivity contribution in [2.75, 3.05) is 26.3 Å². The van der Waals surface area contributed by atoms with Gasteiger partial charge in [0, 0.05) is 19.6 Å². The van der Waals surface area contributed by atoms with Gasteiger partial charge in [-0.2, -0.15) is 0 Å². The third-order valence-electron chi connectivity index (χ3n) is 5.34. The van der Waals surface area contributed by atoms with Gasteiger partial charge in [0.2, 0.25) is 5.91 Å². The molecule has 0 aliphatic carbocycles. The molecule has 23 heavy (non-hydrogen) atoms. The first-order valence-electron chi connectivity index (χ1n) is 8.70. The SMILES string of the molecule is Cc1cccc(OCCN2CCC3(CCCO3)CCC2=O)c1C.